The Hall–Kier alpha value is 0.170. The van der Waals surface area contributed by atoms with Crippen molar-refractivity contribution in [3.63, 3.8) is 0 Å². The summed E-state index contributed by atoms with van der Waals surface area (Å²) in [5.41, 5.74) is 0.857. The third-order valence-corrected chi connectivity index (χ3v) is 4.90. The summed E-state index contributed by atoms with van der Waals surface area (Å²) in [6.45, 7) is 3.87. The zero-order valence-electron chi connectivity index (χ0n) is 9.04. The highest BCUT2D eigenvalue weighted by atomic mass is 79.9. The molecule has 3 nitrogen and oxygen atoms in total. The molecule has 0 bridgehead atoms. The van der Waals surface area contributed by atoms with Crippen LogP contribution in [0.3, 0.4) is 0 Å². The van der Waals surface area contributed by atoms with Crippen molar-refractivity contribution in [2.24, 2.45) is 0 Å². The molecular formula is C10H13Br2O3P. The van der Waals surface area contributed by atoms with Gasteiger partial charge in [0.1, 0.15) is 5.75 Å². The first kappa shape index (κ1) is 14.2. The van der Waals surface area contributed by atoms with Gasteiger partial charge in [-0.15, -0.1) is 0 Å². The standard InChI is InChI=1S/C10H13Br2O3P/c1-3-15-16(2,14)6-7-4-8(11)10(13)9(12)5-7/h4-5,13H,3,6H2,1-2H3. The van der Waals surface area contributed by atoms with Crippen LogP contribution in [0, 0.1) is 0 Å². The maximum atomic E-state index is 12.0. The summed E-state index contributed by atoms with van der Waals surface area (Å²) in [4.78, 5) is 0. The minimum absolute atomic E-state index is 0.145. The highest BCUT2D eigenvalue weighted by molar-refractivity contribution is 9.11. The number of aromatic hydroxyl groups is 1. The van der Waals surface area contributed by atoms with Crippen LogP contribution in [0.2, 0.25) is 0 Å². The Morgan fingerprint density at radius 3 is 2.31 bits per heavy atom. The molecule has 6 heteroatoms. The second-order valence-corrected chi connectivity index (χ2v) is 7.81. The van der Waals surface area contributed by atoms with E-state index in [1.165, 1.54) is 0 Å². The molecule has 1 unspecified atom stereocenters. The summed E-state index contributed by atoms with van der Waals surface area (Å²) in [5.74, 6) is 0.145. The second kappa shape index (κ2) is 5.67. The molecule has 0 aromatic heterocycles. The molecule has 0 saturated heterocycles. The Morgan fingerprint density at radius 2 is 1.88 bits per heavy atom. The van der Waals surface area contributed by atoms with E-state index in [2.05, 4.69) is 31.9 Å². The van der Waals surface area contributed by atoms with Crippen molar-refractivity contribution in [1.82, 2.24) is 0 Å². The van der Waals surface area contributed by atoms with Crippen molar-refractivity contribution in [1.29, 1.82) is 0 Å². The molecule has 0 spiro atoms. The van der Waals surface area contributed by atoms with E-state index in [4.69, 9.17) is 4.52 Å². The average molecular weight is 372 g/mol. The van der Waals surface area contributed by atoms with E-state index in [-0.39, 0.29) is 5.75 Å². The van der Waals surface area contributed by atoms with Crippen molar-refractivity contribution in [2.75, 3.05) is 13.3 Å². The molecule has 0 fully saturated rings. The van der Waals surface area contributed by atoms with Crippen LogP contribution < -0.4 is 0 Å². The number of hydrogen-bond donors (Lipinski definition) is 1. The smallest absolute Gasteiger partial charge is 0.204 e. The Kier molecular flexibility index (Phi) is 5.05. The summed E-state index contributed by atoms with van der Waals surface area (Å²) in [6, 6.07) is 3.49. The van der Waals surface area contributed by atoms with Crippen molar-refractivity contribution < 1.29 is 14.2 Å². The lowest BCUT2D eigenvalue weighted by Gasteiger charge is -2.13. The Bertz CT molecular complexity index is 411. The van der Waals surface area contributed by atoms with Gasteiger partial charge in [0, 0.05) is 12.8 Å². The van der Waals surface area contributed by atoms with Gasteiger partial charge in [0.05, 0.1) is 15.6 Å². The van der Waals surface area contributed by atoms with Gasteiger partial charge in [-0.05, 0) is 56.5 Å². The molecule has 0 aliphatic rings. The molecular weight excluding hydrogens is 359 g/mol. The van der Waals surface area contributed by atoms with Gasteiger partial charge in [-0.25, -0.2) is 0 Å². The fraction of sp³-hybridized carbons (Fsp3) is 0.400. The highest BCUT2D eigenvalue weighted by Gasteiger charge is 2.17. The van der Waals surface area contributed by atoms with Crippen LogP contribution in [0.4, 0.5) is 0 Å². The molecule has 1 atom stereocenters. The first-order chi connectivity index (χ1) is 7.35. The van der Waals surface area contributed by atoms with Crippen LogP contribution >= 0.6 is 39.2 Å². The van der Waals surface area contributed by atoms with Gasteiger partial charge >= 0.3 is 0 Å². The number of halogens is 2. The van der Waals surface area contributed by atoms with E-state index in [1.807, 2.05) is 6.92 Å². The first-order valence-corrected chi connectivity index (χ1v) is 8.58. The normalized spacial score (nSPS) is 14.8. The molecule has 1 N–H and O–H groups in total. The number of benzene rings is 1. The summed E-state index contributed by atoms with van der Waals surface area (Å²) >= 11 is 6.47. The zero-order chi connectivity index (χ0) is 12.3. The van der Waals surface area contributed by atoms with E-state index in [0.717, 1.165) is 5.56 Å². The van der Waals surface area contributed by atoms with Gasteiger partial charge in [-0.2, -0.15) is 0 Å². The van der Waals surface area contributed by atoms with E-state index >= 15 is 0 Å². The van der Waals surface area contributed by atoms with Crippen molar-refractivity contribution in [3.05, 3.63) is 26.6 Å². The summed E-state index contributed by atoms with van der Waals surface area (Å²) in [6.07, 6.45) is 0.359. The van der Waals surface area contributed by atoms with E-state index in [0.29, 0.717) is 21.7 Å². The Morgan fingerprint density at radius 1 is 1.38 bits per heavy atom. The van der Waals surface area contributed by atoms with Gasteiger partial charge in [-0.3, -0.25) is 4.57 Å². The summed E-state index contributed by atoms with van der Waals surface area (Å²) in [7, 11) is -2.59. The molecule has 0 saturated carbocycles. The minimum Gasteiger partial charge on any atom is -0.506 e. The molecule has 16 heavy (non-hydrogen) atoms. The Balaban J connectivity index is 2.95. The SMILES string of the molecule is CCOP(C)(=O)Cc1cc(Br)c(O)c(Br)c1. The van der Waals surface area contributed by atoms with Crippen LogP contribution in [-0.4, -0.2) is 18.4 Å². The van der Waals surface area contributed by atoms with Gasteiger partial charge in [0.25, 0.3) is 0 Å². The van der Waals surface area contributed by atoms with Crippen LogP contribution in [-0.2, 0) is 15.3 Å². The van der Waals surface area contributed by atoms with E-state index in [9.17, 15) is 9.67 Å². The molecule has 1 aromatic rings. The van der Waals surface area contributed by atoms with E-state index in [1.54, 1.807) is 18.8 Å². The van der Waals surface area contributed by atoms with Gasteiger partial charge < -0.3 is 9.63 Å². The maximum absolute atomic E-state index is 12.0. The minimum atomic E-state index is -2.59. The highest BCUT2D eigenvalue weighted by Crippen LogP contribution is 2.47. The van der Waals surface area contributed by atoms with E-state index < -0.39 is 7.37 Å². The van der Waals surface area contributed by atoms with Crippen molar-refractivity contribution in [3.8, 4) is 5.75 Å². The molecule has 0 aliphatic carbocycles. The van der Waals surface area contributed by atoms with Gasteiger partial charge in [-0.1, -0.05) is 0 Å². The number of rotatable bonds is 4. The molecule has 0 radical (unpaired) electrons. The molecule has 0 amide bonds. The molecule has 0 heterocycles. The molecule has 0 aliphatic heterocycles. The van der Waals surface area contributed by atoms with Gasteiger partial charge in [0.15, 0.2) is 0 Å². The average Bonchev–Trinajstić information content (AvgIpc) is 2.13. The van der Waals surface area contributed by atoms with Crippen LogP contribution in [0.1, 0.15) is 12.5 Å². The van der Waals surface area contributed by atoms with Gasteiger partial charge in [0.2, 0.25) is 7.37 Å². The number of phenolic OH excluding ortho intramolecular Hbond substituents is 1. The largest absolute Gasteiger partial charge is 0.506 e. The third-order valence-electron chi connectivity index (χ3n) is 1.95. The quantitative estimate of drug-likeness (QED) is 0.799. The molecule has 90 valence electrons. The topological polar surface area (TPSA) is 46.5 Å². The third kappa shape index (κ3) is 3.88. The summed E-state index contributed by atoms with van der Waals surface area (Å²) < 4.78 is 18.3. The fourth-order valence-electron chi connectivity index (χ4n) is 1.36. The van der Waals surface area contributed by atoms with Crippen molar-refractivity contribution >= 4 is 39.2 Å². The lowest BCUT2D eigenvalue weighted by Crippen LogP contribution is -1.93. The lowest BCUT2D eigenvalue weighted by molar-refractivity contribution is 0.336. The number of hydrogen-bond acceptors (Lipinski definition) is 3. The monoisotopic (exact) mass is 370 g/mol. The first-order valence-electron chi connectivity index (χ1n) is 4.73. The molecule has 1 rings (SSSR count). The summed E-state index contributed by atoms with van der Waals surface area (Å²) in [5, 5.41) is 9.54. The van der Waals surface area contributed by atoms with Crippen LogP contribution in [0.25, 0.3) is 0 Å². The lowest BCUT2D eigenvalue weighted by atomic mass is 10.2. The second-order valence-electron chi connectivity index (χ2n) is 3.50. The fourth-order valence-corrected chi connectivity index (χ4v) is 4.12. The number of phenols is 1. The Labute approximate surface area is 112 Å². The maximum Gasteiger partial charge on any atom is 0.204 e. The van der Waals surface area contributed by atoms with Crippen LogP contribution in [0.15, 0.2) is 21.1 Å². The molecule has 1 aromatic carbocycles. The predicted molar refractivity (Wildman–Crippen MR) is 72.4 cm³/mol. The van der Waals surface area contributed by atoms with Crippen LogP contribution in [0.5, 0.6) is 5.75 Å². The predicted octanol–water partition coefficient (Wildman–Crippen LogP) is 4.36. The van der Waals surface area contributed by atoms with Crippen molar-refractivity contribution in [2.45, 2.75) is 13.1 Å². The zero-order valence-corrected chi connectivity index (χ0v) is 13.1.